The van der Waals surface area contributed by atoms with Crippen molar-refractivity contribution in [2.24, 2.45) is 5.73 Å². The number of aryl methyl sites for hydroxylation is 1. The van der Waals surface area contributed by atoms with Crippen molar-refractivity contribution in [2.75, 3.05) is 0 Å². The second kappa shape index (κ2) is 3.87. The maximum Gasteiger partial charge on any atom is 0.126 e. The van der Waals surface area contributed by atoms with E-state index in [-0.39, 0.29) is 5.82 Å². The summed E-state index contributed by atoms with van der Waals surface area (Å²) in [7, 11) is 0. The van der Waals surface area contributed by atoms with Crippen molar-refractivity contribution in [3.05, 3.63) is 47.7 Å². The van der Waals surface area contributed by atoms with E-state index in [4.69, 9.17) is 10.2 Å². The van der Waals surface area contributed by atoms with Crippen LogP contribution in [-0.2, 0) is 6.54 Å². The lowest BCUT2D eigenvalue weighted by molar-refractivity contribution is 0.513. The lowest BCUT2D eigenvalue weighted by Crippen LogP contribution is -1.96. The molecule has 1 aromatic heterocycles. The Morgan fingerprint density at radius 1 is 1.33 bits per heavy atom. The third-order valence-electron chi connectivity index (χ3n) is 2.41. The summed E-state index contributed by atoms with van der Waals surface area (Å²) in [5.41, 5.74) is 7.80. The number of hydrogen-bond donors (Lipinski definition) is 1. The van der Waals surface area contributed by atoms with Gasteiger partial charge < -0.3 is 10.2 Å². The first-order valence-electron chi connectivity index (χ1n) is 4.75. The van der Waals surface area contributed by atoms with Crippen molar-refractivity contribution >= 4 is 0 Å². The van der Waals surface area contributed by atoms with Crippen LogP contribution in [0.15, 0.2) is 34.9 Å². The van der Waals surface area contributed by atoms with E-state index in [1.165, 1.54) is 6.07 Å². The summed E-state index contributed by atoms with van der Waals surface area (Å²) in [4.78, 5) is 0. The van der Waals surface area contributed by atoms with Crippen LogP contribution >= 0.6 is 0 Å². The SMILES string of the molecule is Cc1ccc(-c2ccoc2CN)cc1F. The van der Waals surface area contributed by atoms with Gasteiger partial charge in [-0.05, 0) is 30.2 Å². The average Bonchev–Trinajstić information content (AvgIpc) is 2.70. The highest BCUT2D eigenvalue weighted by Crippen LogP contribution is 2.26. The van der Waals surface area contributed by atoms with Gasteiger partial charge in [0.25, 0.3) is 0 Å². The molecule has 0 radical (unpaired) electrons. The van der Waals surface area contributed by atoms with Crippen molar-refractivity contribution in [1.29, 1.82) is 0 Å². The van der Waals surface area contributed by atoms with Gasteiger partial charge in [-0.3, -0.25) is 0 Å². The highest BCUT2D eigenvalue weighted by Gasteiger charge is 2.08. The molecule has 0 saturated heterocycles. The van der Waals surface area contributed by atoms with E-state index in [0.717, 1.165) is 11.1 Å². The molecule has 2 N–H and O–H groups in total. The molecule has 2 rings (SSSR count). The number of nitrogens with two attached hydrogens (primary N) is 1. The molecule has 0 atom stereocenters. The second-order valence-electron chi connectivity index (χ2n) is 3.43. The fourth-order valence-electron chi connectivity index (χ4n) is 1.52. The van der Waals surface area contributed by atoms with Gasteiger partial charge in [-0.2, -0.15) is 0 Å². The number of benzene rings is 1. The van der Waals surface area contributed by atoms with E-state index in [9.17, 15) is 4.39 Å². The van der Waals surface area contributed by atoms with Gasteiger partial charge in [-0.1, -0.05) is 12.1 Å². The Morgan fingerprint density at radius 2 is 2.13 bits per heavy atom. The summed E-state index contributed by atoms with van der Waals surface area (Å²) in [6.45, 7) is 2.05. The normalized spacial score (nSPS) is 10.6. The summed E-state index contributed by atoms with van der Waals surface area (Å²) in [5.74, 6) is 0.468. The van der Waals surface area contributed by atoms with Crippen molar-refractivity contribution in [3.8, 4) is 11.1 Å². The summed E-state index contributed by atoms with van der Waals surface area (Å²) in [6, 6.07) is 6.91. The zero-order valence-electron chi connectivity index (χ0n) is 8.46. The van der Waals surface area contributed by atoms with E-state index in [1.54, 1.807) is 25.3 Å². The van der Waals surface area contributed by atoms with Crippen molar-refractivity contribution in [3.63, 3.8) is 0 Å². The fraction of sp³-hybridized carbons (Fsp3) is 0.167. The minimum Gasteiger partial charge on any atom is -0.467 e. The lowest BCUT2D eigenvalue weighted by Gasteiger charge is -2.02. The molecule has 15 heavy (non-hydrogen) atoms. The summed E-state index contributed by atoms with van der Waals surface area (Å²) >= 11 is 0. The van der Waals surface area contributed by atoms with Crippen LogP contribution in [0, 0.1) is 12.7 Å². The third-order valence-corrected chi connectivity index (χ3v) is 2.41. The molecule has 3 heteroatoms. The first-order valence-corrected chi connectivity index (χ1v) is 4.75. The fourth-order valence-corrected chi connectivity index (χ4v) is 1.52. The molecule has 0 aliphatic heterocycles. The van der Waals surface area contributed by atoms with Gasteiger partial charge in [0.15, 0.2) is 0 Å². The van der Waals surface area contributed by atoms with Crippen LogP contribution in [0.25, 0.3) is 11.1 Å². The second-order valence-corrected chi connectivity index (χ2v) is 3.43. The Balaban J connectivity index is 2.50. The van der Waals surface area contributed by atoms with Crippen molar-refractivity contribution in [2.45, 2.75) is 13.5 Å². The number of rotatable bonds is 2. The molecule has 2 nitrogen and oxygen atoms in total. The molecule has 0 aliphatic rings. The van der Waals surface area contributed by atoms with E-state index in [2.05, 4.69) is 0 Å². The molecular weight excluding hydrogens is 193 g/mol. The highest BCUT2D eigenvalue weighted by atomic mass is 19.1. The van der Waals surface area contributed by atoms with Crippen LogP contribution < -0.4 is 5.73 Å². The van der Waals surface area contributed by atoms with Gasteiger partial charge in [0.1, 0.15) is 11.6 Å². The van der Waals surface area contributed by atoms with E-state index in [1.807, 2.05) is 6.07 Å². The molecule has 0 amide bonds. The molecule has 0 fully saturated rings. The van der Waals surface area contributed by atoms with Crippen LogP contribution in [0.1, 0.15) is 11.3 Å². The predicted octanol–water partition coefficient (Wildman–Crippen LogP) is 2.85. The largest absolute Gasteiger partial charge is 0.467 e. The molecule has 0 unspecified atom stereocenters. The van der Waals surface area contributed by atoms with Crippen molar-refractivity contribution < 1.29 is 8.81 Å². The number of hydrogen-bond acceptors (Lipinski definition) is 2. The Labute approximate surface area is 87.5 Å². The van der Waals surface area contributed by atoms with E-state index >= 15 is 0 Å². The number of furan rings is 1. The molecule has 0 aliphatic carbocycles. The quantitative estimate of drug-likeness (QED) is 0.818. The lowest BCUT2D eigenvalue weighted by atomic mass is 10.0. The molecule has 78 valence electrons. The number of halogens is 1. The van der Waals surface area contributed by atoms with Gasteiger partial charge >= 0.3 is 0 Å². The van der Waals surface area contributed by atoms with Gasteiger partial charge in [-0.25, -0.2) is 4.39 Å². The summed E-state index contributed by atoms with van der Waals surface area (Å²) in [5, 5.41) is 0. The maximum atomic E-state index is 13.3. The summed E-state index contributed by atoms with van der Waals surface area (Å²) in [6.07, 6.45) is 1.56. The predicted molar refractivity (Wildman–Crippen MR) is 56.7 cm³/mol. The van der Waals surface area contributed by atoms with Crippen LogP contribution in [0.4, 0.5) is 4.39 Å². The molecule has 1 aromatic carbocycles. The maximum absolute atomic E-state index is 13.3. The Kier molecular flexibility index (Phi) is 2.56. The minimum absolute atomic E-state index is 0.211. The Hall–Kier alpha value is -1.61. The summed E-state index contributed by atoms with van der Waals surface area (Å²) < 4.78 is 18.5. The highest BCUT2D eigenvalue weighted by molar-refractivity contribution is 5.65. The van der Waals surface area contributed by atoms with Crippen molar-refractivity contribution in [1.82, 2.24) is 0 Å². The average molecular weight is 205 g/mol. The van der Waals surface area contributed by atoms with Gasteiger partial charge in [0, 0.05) is 5.56 Å². The first-order chi connectivity index (χ1) is 7.22. The molecule has 2 aromatic rings. The topological polar surface area (TPSA) is 39.2 Å². The zero-order valence-corrected chi connectivity index (χ0v) is 8.46. The van der Waals surface area contributed by atoms with Crippen LogP contribution in [0.2, 0.25) is 0 Å². The third kappa shape index (κ3) is 1.78. The Morgan fingerprint density at radius 3 is 2.80 bits per heavy atom. The molecule has 0 saturated carbocycles. The van der Waals surface area contributed by atoms with E-state index < -0.39 is 0 Å². The molecule has 1 heterocycles. The van der Waals surface area contributed by atoms with Crippen LogP contribution in [0.5, 0.6) is 0 Å². The smallest absolute Gasteiger partial charge is 0.126 e. The van der Waals surface area contributed by atoms with Gasteiger partial charge in [0.2, 0.25) is 0 Å². The van der Waals surface area contributed by atoms with Gasteiger partial charge in [-0.15, -0.1) is 0 Å². The van der Waals surface area contributed by atoms with Crippen LogP contribution in [0.3, 0.4) is 0 Å². The minimum atomic E-state index is -0.211. The Bertz CT molecular complexity index is 476. The monoisotopic (exact) mass is 205 g/mol. The van der Waals surface area contributed by atoms with E-state index in [0.29, 0.717) is 17.9 Å². The molecule has 0 spiro atoms. The van der Waals surface area contributed by atoms with Crippen LogP contribution in [-0.4, -0.2) is 0 Å². The van der Waals surface area contributed by atoms with Gasteiger partial charge in [0.05, 0.1) is 12.8 Å². The first kappa shape index (κ1) is 9.93. The molecular formula is C12H12FNO. The molecule has 0 bridgehead atoms. The zero-order chi connectivity index (χ0) is 10.8. The standard InChI is InChI=1S/C12H12FNO/c1-8-2-3-9(6-11(8)13)10-4-5-15-12(10)7-14/h2-6H,7,14H2,1H3.